The van der Waals surface area contributed by atoms with Crippen LogP contribution in [0.25, 0.3) is 0 Å². The highest BCUT2D eigenvalue weighted by Crippen LogP contribution is 2.34. The van der Waals surface area contributed by atoms with Crippen LogP contribution in [0.1, 0.15) is 24.7 Å². The van der Waals surface area contributed by atoms with Crippen LogP contribution in [0.2, 0.25) is 0 Å². The van der Waals surface area contributed by atoms with E-state index in [1.165, 1.54) is 13.8 Å². The van der Waals surface area contributed by atoms with Crippen molar-refractivity contribution in [3.63, 3.8) is 0 Å². The normalized spacial score (nSPS) is 12.0. The summed E-state index contributed by atoms with van der Waals surface area (Å²) in [4.78, 5) is 34.3. The molecule has 1 atom stereocenters. The molecule has 0 aromatic heterocycles. The van der Waals surface area contributed by atoms with E-state index in [0.717, 1.165) is 18.2 Å². The lowest BCUT2D eigenvalue weighted by atomic mass is 10.1. The molecule has 1 unspecified atom stereocenters. The molecule has 0 fully saturated rings. The molecular weight excluding hydrogens is 396 g/mol. The van der Waals surface area contributed by atoms with Crippen LogP contribution in [-0.4, -0.2) is 43.7 Å². The lowest BCUT2D eigenvalue weighted by Gasteiger charge is -2.14. The fourth-order valence-electron chi connectivity index (χ4n) is 1.75. The fraction of sp³-hybridized carbons (Fsp3) is 0.357. The van der Waals surface area contributed by atoms with Gasteiger partial charge < -0.3 is 18.9 Å². The molecule has 1 aromatic rings. The van der Waals surface area contributed by atoms with Gasteiger partial charge in [0.25, 0.3) is 10.1 Å². The first kappa shape index (κ1) is 21.7. The van der Waals surface area contributed by atoms with Crippen molar-refractivity contribution in [3.05, 3.63) is 23.8 Å². The summed E-state index contributed by atoms with van der Waals surface area (Å²) < 4.78 is 50.7. The van der Waals surface area contributed by atoms with Crippen molar-refractivity contribution in [2.45, 2.75) is 19.1 Å². The molecule has 144 valence electrons. The monoisotopic (exact) mass is 410 g/mol. The van der Waals surface area contributed by atoms with Gasteiger partial charge in [0.05, 0.1) is 13.2 Å². The second-order valence-electron chi connectivity index (χ2n) is 4.48. The van der Waals surface area contributed by atoms with E-state index in [-0.39, 0.29) is 24.5 Å². The Balaban J connectivity index is 3.34. The summed E-state index contributed by atoms with van der Waals surface area (Å²) in [5, 5.41) is -3.53. The molecule has 0 aliphatic heterocycles. The number of halogens is 1. The van der Waals surface area contributed by atoms with Gasteiger partial charge in [0.2, 0.25) is 5.24 Å². The number of carbonyl (C=O) groups is 3. The Morgan fingerprint density at radius 3 is 1.96 bits per heavy atom. The number of hydrogen-bond donors (Lipinski definition) is 1. The van der Waals surface area contributed by atoms with E-state index in [1.807, 2.05) is 0 Å². The summed E-state index contributed by atoms with van der Waals surface area (Å²) in [6.07, 6.45) is -2.30. The standard InChI is InChI=1S/C14H15ClO10S/c1-3-22-13(17)24-9-6-5-8(11(12(15)16)26(19,20)21)7-10(9)25-14(18)23-4-2/h5-7,11H,3-4H2,1-2H3,(H,19,20,21). The third-order valence-corrected chi connectivity index (χ3v) is 4.12. The molecule has 0 aliphatic carbocycles. The topological polar surface area (TPSA) is 142 Å². The smallest absolute Gasteiger partial charge is 0.434 e. The first-order chi connectivity index (χ1) is 12.1. The summed E-state index contributed by atoms with van der Waals surface area (Å²) in [6.45, 7) is 3.02. The van der Waals surface area contributed by atoms with Crippen molar-refractivity contribution in [2.24, 2.45) is 0 Å². The Morgan fingerprint density at radius 1 is 1.04 bits per heavy atom. The highest BCUT2D eigenvalue weighted by Gasteiger charge is 2.33. The molecule has 0 bridgehead atoms. The van der Waals surface area contributed by atoms with E-state index in [0.29, 0.717) is 0 Å². The van der Waals surface area contributed by atoms with Gasteiger partial charge in [-0.05, 0) is 43.1 Å². The molecule has 0 amide bonds. The molecule has 12 heteroatoms. The zero-order valence-electron chi connectivity index (χ0n) is 13.6. The maximum absolute atomic E-state index is 11.5. The Kier molecular flexibility index (Phi) is 7.80. The zero-order chi connectivity index (χ0) is 19.9. The Morgan fingerprint density at radius 2 is 1.54 bits per heavy atom. The second kappa shape index (κ2) is 9.36. The molecule has 10 nitrogen and oxygen atoms in total. The highest BCUT2D eigenvalue weighted by molar-refractivity contribution is 7.87. The van der Waals surface area contributed by atoms with Crippen LogP contribution in [0.4, 0.5) is 9.59 Å². The van der Waals surface area contributed by atoms with Gasteiger partial charge in [-0.1, -0.05) is 6.07 Å². The number of carbonyl (C=O) groups excluding carboxylic acids is 3. The summed E-state index contributed by atoms with van der Waals surface area (Å²) in [7, 11) is -4.90. The van der Waals surface area contributed by atoms with Gasteiger partial charge in [0.15, 0.2) is 16.7 Å². The molecule has 1 rings (SSSR count). The number of rotatable bonds is 7. The van der Waals surface area contributed by atoms with Crippen LogP contribution in [0, 0.1) is 0 Å². The van der Waals surface area contributed by atoms with E-state index < -0.39 is 38.7 Å². The van der Waals surface area contributed by atoms with Gasteiger partial charge >= 0.3 is 12.3 Å². The maximum atomic E-state index is 11.5. The first-order valence-electron chi connectivity index (χ1n) is 7.08. The summed E-state index contributed by atoms with van der Waals surface area (Å²) in [5.41, 5.74) is -0.331. The molecule has 1 N–H and O–H groups in total. The average Bonchev–Trinajstić information content (AvgIpc) is 2.48. The highest BCUT2D eigenvalue weighted by atomic mass is 35.5. The van der Waals surface area contributed by atoms with Crippen LogP contribution in [0.5, 0.6) is 11.5 Å². The van der Waals surface area contributed by atoms with E-state index in [9.17, 15) is 27.4 Å². The summed E-state index contributed by atoms with van der Waals surface area (Å²) in [6, 6.07) is 2.94. The third kappa shape index (κ3) is 6.17. The molecule has 1 aromatic carbocycles. The number of ether oxygens (including phenoxy) is 4. The molecule has 0 saturated carbocycles. The van der Waals surface area contributed by atoms with Gasteiger partial charge in [-0.3, -0.25) is 9.35 Å². The molecule has 0 aliphatic rings. The minimum Gasteiger partial charge on any atom is -0.434 e. The van der Waals surface area contributed by atoms with Gasteiger partial charge in [-0.25, -0.2) is 9.59 Å². The molecule has 26 heavy (non-hydrogen) atoms. The molecule has 0 saturated heterocycles. The van der Waals surface area contributed by atoms with Crippen LogP contribution < -0.4 is 9.47 Å². The van der Waals surface area contributed by atoms with Gasteiger partial charge in [0, 0.05) is 0 Å². The predicted octanol–water partition coefficient (Wildman–Crippen LogP) is 2.45. The van der Waals surface area contributed by atoms with Gasteiger partial charge in [0.1, 0.15) is 0 Å². The Hall–Kier alpha value is -2.37. The lowest BCUT2D eigenvalue weighted by Crippen LogP contribution is -2.19. The quantitative estimate of drug-likeness (QED) is 0.308. The maximum Gasteiger partial charge on any atom is 0.513 e. The number of hydrogen-bond acceptors (Lipinski definition) is 9. The zero-order valence-corrected chi connectivity index (χ0v) is 15.2. The van der Waals surface area contributed by atoms with E-state index in [4.69, 9.17) is 21.1 Å². The number of benzene rings is 1. The largest absolute Gasteiger partial charge is 0.513 e. The van der Waals surface area contributed by atoms with Gasteiger partial charge in [-0.2, -0.15) is 8.42 Å². The third-order valence-electron chi connectivity index (χ3n) is 2.69. The fourth-order valence-corrected chi connectivity index (χ4v) is 2.93. The first-order valence-corrected chi connectivity index (χ1v) is 8.97. The van der Waals surface area contributed by atoms with Crippen molar-refractivity contribution in [1.29, 1.82) is 0 Å². The van der Waals surface area contributed by atoms with Crippen LogP contribution in [0.3, 0.4) is 0 Å². The van der Waals surface area contributed by atoms with Crippen molar-refractivity contribution in [3.8, 4) is 11.5 Å². The van der Waals surface area contributed by atoms with Gasteiger partial charge in [-0.15, -0.1) is 0 Å². The lowest BCUT2D eigenvalue weighted by molar-refractivity contribution is -0.111. The van der Waals surface area contributed by atoms with Crippen LogP contribution >= 0.6 is 11.6 Å². The van der Waals surface area contributed by atoms with E-state index in [1.54, 1.807) is 0 Å². The SMILES string of the molecule is CCOC(=O)Oc1ccc(C(C(=O)Cl)S(=O)(=O)O)cc1OC(=O)OCC. The minimum absolute atomic E-state index is 0.0105. The predicted molar refractivity (Wildman–Crippen MR) is 86.9 cm³/mol. The average molecular weight is 411 g/mol. The summed E-state index contributed by atoms with van der Waals surface area (Å²) >= 11 is 5.22. The van der Waals surface area contributed by atoms with E-state index >= 15 is 0 Å². The Bertz CT molecular complexity index is 789. The minimum atomic E-state index is -4.90. The van der Waals surface area contributed by atoms with Crippen LogP contribution in [-0.2, 0) is 24.4 Å². The van der Waals surface area contributed by atoms with E-state index in [2.05, 4.69) is 9.47 Å². The van der Waals surface area contributed by atoms with Crippen molar-refractivity contribution < 1.29 is 46.3 Å². The molecular formula is C14H15ClO10S. The molecule has 0 radical (unpaired) electrons. The van der Waals surface area contributed by atoms with Crippen molar-refractivity contribution in [1.82, 2.24) is 0 Å². The molecule has 0 spiro atoms. The molecule has 0 heterocycles. The Labute approximate surface area is 153 Å². The second-order valence-corrected chi connectivity index (χ2v) is 6.35. The van der Waals surface area contributed by atoms with Crippen molar-refractivity contribution >= 4 is 39.3 Å². The van der Waals surface area contributed by atoms with Crippen LogP contribution in [0.15, 0.2) is 18.2 Å². The van der Waals surface area contributed by atoms with Crippen molar-refractivity contribution in [2.75, 3.05) is 13.2 Å². The summed E-state index contributed by atoms with van der Waals surface area (Å²) in [5.74, 6) is -0.781.